The molecule has 0 unspecified atom stereocenters. The number of rotatable bonds is 9. The van der Waals surface area contributed by atoms with Gasteiger partial charge in [-0.1, -0.05) is 66.2 Å². The lowest BCUT2D eigenvalue weighted by Crippen LogP contribution is -2.09. The van der Waals surface area contributed by atoms with E-state index in [0.717, 1.165) is 53.1 Å². The molecular formula is C29H28N2O2. The molecule has 0 aliphatic heterocycles. The maximum atomic E-state index is 6.26. The highest BCUT2D eigenvalue weighted by Gasteiger charge is 2.12. The number of imidazole rings is 1. The molecule has 0 atom stereocenters. The Balaban J connectivity index is 1.26. The molecule has 0 N–H and O–H groups in total. The molecule has 1 aromatic heterocycles. The lowest BCUT2D eigenvalue weighted by atomic mass is 10.1. The van der Waals surface area contributed by atoms with E-state index in [1.165, 1.54) is 10.9 Å². The van der Waals surface area contributed by atoms with Crippen molar-refractivity contribution in [1.82, 2.24) is 9.55 Å². The Labute approximate surface area is 194 Å². The maximum Gasteiger partial charge on any atom is 0.147 e. The lowest BCUT2D eigenvalue weighted by Gasteiger charge is -2.12. The molecule has 0 fully saturated rings. The van der Waals surface area contributed by atoms with Gasteiger partial charge in [-0.25, -0.2) is 4.98 Å². The molecule has 0 aliphatic carbocycles. The van der Waals surface area contributed by atoms with Gasteiger partial charge >= 0.3 is 0 Å². The molecule has 0 spiro atoms. The first-order valence-corrected chi connectivity index (χ1v) is 11.5. The third-order valence-electron chi connectivity index (χ3n) is 5.91. The molecule has 5 aromatic rings. The summed E-state index contributed by atoms with van der Waals surface area (Å²) in [6.45, 7) is 4.10. The summed E-state index contributed by atoms with van der Waals surface area (Å²) in [5, 5.41) is 2.30. The van der Waals surface area contributed by atoms with Gasteiger partial charge in [-0.05, 0) is 55.5 Å². The molecule has 0 aliphatic rings. The minimum atomic E-state index is 0.433. The predicted octanol–water partition coefficient (Wildman–Crippen LogP) is 6.94. The summed E-state index contributed by atoms with van der Waals surface area (Å²) in [5.41, 5.74) is 3.39. The molecule has 0 radical (unpaired) electrons. The highest BCUT2D eigenvalue weighted by atomic mass is 16.5. The standard InChI is InChI=1S/C29H28N2O2/c1-22-15-17-24(18-16-22)32-20-7-6-19-31-27-13-5-4-12-26(27)30-29(31)21-33-28-14-8-10-23-9-2-3-11-25(23)28/h2-5,8-18H,6-7,19-21H2,1H3. The van der Waals surface area contributed by atoms with E-state index in [4.69, 9.17) is 14.5 Å². The number of unbranched alkanes of at least 4 members (excludes halogenated alkanes) is 1. The fourth-order valence-electron chi connectivity index (χ4n) is 4.15. The van der Waals surface area contributed by atoms with Crippen molar-refractivity contribution in [3.05, 3.63) is 102 Å². The average molecular weight is 437 g/mol. The van der Waals surface area contributed by atoms with Gasteiger partial charge in [-0.2, -0.15) is 0 Å². The van der Waals surface area contributed by atoms with E-state index >= 15 is 0 Å². The quantitative estimate of drug-likeness (QED) is 0.235. The zero-order valence-electron chi connectivity index (χ0n) is 18.9. The van der Waals surface area contributed by atoms with E-state index in [1.807, 2.05) is 42.5 Å². The number of benzene rings is 4. The van der Waals surface area contributed by atoms with E-state index in [9.17, 15) is 0 Å². The first kappa shape index (κ1) is 21.1. The maximum absolute atomic E-state index is 6.26. The third-order valence-corrected chi connectivity index (χ3v) is 5.91. The van der Waals surface area contributed by atoms with Crippen molar-refractivity contribution < 1.29 is 9.47 Å². The van der Waals surface area contributed by atoms with Crippen molar-refractivity contribution in [3.8, 4) is 11.5 Å². The zero-order valence-corrected chi connectivity index (χ0v) is 18.9. The minimum Gasteiger partial charge on any atom is -0.494 e. The van der Waals surface area contributed by atoms with Crippen LogP contribution in [0.25, 0.3) is 21.8 Å². The van der Waals surface area contributed by atoms with Gasteiger partial charge in [-0.3, -0.25) is 0 Å². The summed E-state index contributed by atoms with van der Waals surface area (Å²) >= 11 is 0. The van der Waals surface area contributed by atoms with Crippen LogP contribution in [0.3, 0.4) is 0 Å². The number of hydrogen-bond donors (Lipinski definition) is 0. The number of hydrogen-bond acceptors (Lipinski definition) is 3. The second-order valence-electron chi connectivity index (χ2n) is 8.30. The van der Waals surface area contributed by atoms with Crippen LogP contribution in [0.4, 0.5) is 0 Å². The van der Waals surface area contributed by atoms with Crippen molar-refractivity contribution in [3.63, 3.8) is 0 Å². The van der Waals surface area contributed by atoms with Crippen LogP contribution in [-0.4, -0.2) is 16.2 Å². The van der Waals surface area contributed by atoms with Crippen molar-refractivity contribution in [2.24, 2.45) is 0 Å². The lowest BCUT2D eigenvalue weighted by molar-refractivity contribution is 0.287. The Morgan fingerprint density at radius 1 is 0.758 bits per heavy atom. The first-order valence-electron chi connectivity index (χ1n) is 11.5. The fraction of sp³-hybridized carbons (Fsp3) is 0.207. The second kappa shape index (κ2) is 9.78. The molecule has 4 nitrogen and oxygen atoms in total. The van der Waals surface area contributed by atoms with Crippen molar-refractivity contribution in [1.29, 1.82) is 0 Å². The Hall–Kier alpha value is -3.79. The van der Waals surface area contributed by atoms with Gasteiger partial charge in [0.25, 0.3) is 0 Å². The SMILES string of the molecule is Cc1ccc(OCCCCn2c(COc3cccc4ccccc34)nc3ccccc32)cc1. The monoisotopic (exact) mass is 436 g/mol. The summed E-state index contributed by atoms with van der Waals surface area (Å²) in [7, 11) is 0. The van der Waals surface area contributed by atoms with Crippen molar-refractivity contribution in [2.45, 2.75) is 32.9 Å². The molecule has 4 heteroatoms. The molecule has 1 heterocycles. The molecule has 5 rings (SSSR count). The van der Waals surface area contributed by atoms with E-state index < -0.39 is 0 Å². The molecule has 0 amide bonds. The molecule has 0 saturated heterocycles. The minimum absolute atomic E-state index is 0.433. The van der Waals surface area contributed by atoms with Crippen LogP contribution in [-0.2, 0) is 13.2 Å². The number of fused-ring (bicyclic) bond motifs is 2. The highest BCUT2D eigenvalue weighted by molar-refractivity contribution is 5.88. The smallest absolute Gasteiger partial charge is 0.147 e. The number of ether oxygens (including phenoxy) is 2. The summed E-state index contributed by atoms with van der Waals surface area (Å²) < 4.78 is 14.4. The van der Waals surface area contributed by atoms with Gasteiger partial charge in [0, 0.05) is 11.9 Å². The van der Waals surface area contributed by atoms with Gasteiger partial charge in [0.2, 0.25) is 0 Å². The summed E-state index contributed by atoms with van der Waals surface area (Å²) in [6.07, 6.45) is 1.98. The Morgan fingerprint density at radius 3 is 2.45 bits per heavy atom. The normalized spacial score (nSPS) is 11.2. The number of aromatic nitrogens is 2. The fourth-order valence-corrected chi connectivity index (χ4v) is 4.15. The molecule has 0 saturated carbocycles. The number of nitrogens with zero attached hydrogens (tertiary/aromatic N) is 2. The van der Waals surface area contributed by atoms with Gasteiger partial charge in [0.15, 0.2) is 0 Å². The van der Waals surface area contributed by atoms with Crippen LogP contribution in [0.5, 0.6) is 11.5 Å². The first-order chi connectivity index (χ1) is 16.3. The van der Waals surface area contributed by atoms with Crippen molar-refractivity contribution >= 4 is 21.8 Å². The van der Waals surface area contributed by atoms with Gasteiger partial charge in [-0.15, -0.1) is 0 Å². The second-order valence-corrected chi connectivity index (χ2v) is 8.30. The van der Waals surface area contributed by atoms with Crippen LogP contribution >= 0.6 is 0 Å². The Kier molecular flexibility index (Phi) is 6.25. The van der Waals surface area contributed by atoms with Crippen molar-refractivity contribution in [2.75, 3.05) is 6.61 Å². The van der Waals surface area contributed by atoms with E-state index in [-0.39, 0.29) is 0 Å². The molecule has 33 heavy (non-hydrogen) atoms. The zero-order chi connectivity index (χ0) is 22.5. The van der Waals surface area contributed by atoms with Crippen LogP contribution in [0.15, 0.2) is 91.0 Å². The topological polar surface area (TPSA) is 36.3 Å². The highest BCUT2D eigenvalue weighted by Crippen LogP contribution is 2.26. The molecular weight excluding hydrogens is 408 g/mol. The third kappa shape index (κ3) is 4.85. The average Bonchev–Trinajstić information content (AvgIpc) is 3.21. The number of para-hydroxylation sites is 2. The Bertz CT molecular complexity index is 1350. The van der Waals surface area contributed by atoms with Crippen LogP contribution in [0, 0.1) is 6.92 Å². The van der Waals surface area contributed by atoms with Gasteiger partial charge in [0.1, 0.15) is 23.9 Å². The van der Waals surface area contributed by atoms with Gasteiger partial charge in [0.05, 0.1) is 17.6 Å². The largest absolute Gasteiger partial charge is 0.494 e. The Morgan fingerprint density at radius 2 is 1.55 bits per heavy atom. The summed E-state index contributed by atoms with van der Waals surface area (Å²) in [6, 6.07) is 31.0. The molecule has 166 valence electrons. The van der Waals surface area contributed by atoms with Crippen LogP contribution < -0.4 is 9.47 Å². The van der Waals surface area contributed by atoms with E-state index in [1.54, 1.807) is 0 Å². The molecule has 0 bridgehead atoms. The predicted molar refractivity (Wildman–Crippen MR) is 134 cm³/mol. The van der Waals surface area contributed by atoms with Gasteiger partial charge < -0.3 is 14.0 Å². The van der Waals surface area contributed by atoms with Crippen LogP contribution in [0.1, 0.15) is 24.2 Å². The number of aryl methyl sites for hydroxylation is 2. The molecule has 4 aromatic carbocycles. The van der Waals surface area contributed by atoms with E-state index in [2.05, 4.69) is 60.0 Å². The summed E-state index contributed by atoms with van der Waals surface area (Å²) in [5.74, 6) is 2.76. The van der Waals surface area contributed by atoms with E-state index in [0.29, 0.717) is 13.2 Å². The van der Waals surface area contributed by atoms with Crippen LogP contribution in [0.2, 0.25) is 0 Å². The summed E-state index contributed by atoms with van der Waals surface area (Å²) in [4.78, 5) is 4.87.